The van der Waals surface area contributed by atoms with E-state index in [2.05, 4.69) is 20.6 Å². The molecule has 2 amide bonds. The molecule has 0 bridgehead atoms. The van der Waals surface area contributed by atoms with E-state index < -0.39 is 18.0 Å². The Morgan fingerprint density at radius 1 is 1.56 bits per heavy atom. The van der Waals surface area contributed by atoms with Crippen molar-refractivity contribution in [2.75, 3.05) is 13.6 Å². The molecular weight excluding hydrogens is 218 g/mol. The maximum Gasteiger partial charge on any atom is 0.353 e. The summed E-state index contributed by atoms with van der Waals surface area (Å²) >= 11 is 0. The van der Waals surface area contributed by atoms with Crippen LogP contribution >= 0.6 is 0 Å². The lowest BCUT2D eigenvalue weighted by Crippen LogP contribution is -2.40. The van der Waals surface area contributed by atoms with E-state index in [0.29, 0.717) is 0 Å². The van der Waals surface area contributed by atoms with Gasteiger partial charge < -0.3 is 20.6 Å². The van der Waals surface area contributed by atoms with Crippen LogP contribution in [0.1, 0.15) is 6.42 Å². The molecule has 0 aromatic rings. The Kier molecular flexibility index (Phi) is 3.81. The Morgan fingerprint density at radius 3 is 2.75 bits per heavy atom. The van der Waals surface area contributed by atoms with Crippen molar-refractivity contribution >= 4 is 23.5 Å². The van der Waals surface area contributed by atoms with Crippen molar-refractivity contribution in [3.8, 4) is 0 Å². The summed E-state index contributed by atoms with van der Waals surface area (Å²) in [5.74, 6) is -2.14. The molecule has 16 heavy (non-hydrogen) atoms. The zero-order chi connectivity index (χ0) is 12.1. The molecule has 0 saturated carbocycles. The zero-order valence-electron chi connectivity index (χ0n) is 8.52. The van der Waals surface area contributed by atoms with Crippen molar-refractivity contribution < 1.29 is 24.3 Å². The molecule has 0 aliphatic carbocycles. The van der Waals surface area contributed by atoms with Gasteiger partial charge in [-0.1, -0.05) is 5.16 Å². The van der Waals surface area contributed by atoms with Crippen LogP contribution in [0.25, 0.3) is 0 Å². The van der Waals surface area contributed by atoms with Crippen LogP contribution in [0.15, 0.2) is 5.16 Å². The minimum absolute atomic E-state index is 0.102. The Labute approximate surface area is 90.6 Å². The Balaban J connectivity index is 2.36. The average Bonchev–Trinajstić information content (AvgIpc) is 2.74. The molecule has 1 unspecified atom stereocenters. The van der Waals surface area contributed by atoms with Crippen LogP contribution in [0.5, 0.6) is 0 Å². The van der Waals surface area contributed by atoms with Gasteiger partial charge in [-0.2, -0.15) is 0 Å². The van der Waals surface area contributed by atoms with Crippen LogP contribution in [0, 0.1) is 0 Å². The van der Waals surface area contributed by atoms with Gasteiger partial charge in [0, 0.05) is 13.5 Å². The average molecular weight is 229 g/mol. The number of carbonyl (C=O) groups is 3. The maximum atomic E-state index is 11.4. The molecule has 0 fully saturated rings. The van der Waals surface area contributed by atoms with E-state index in [1.807, 2.05) is 0 Å². The quantitative estimate of drug-likeness (QED) is 0.519. The van der Waals surface area contributed by atoms with Crippen LogP contribution in [0.2, 0.25) is 0 Å². The van der Waals surface area contributed by atoms with Crippen molar-refractivity contribution in [3.05, 3.63) is 0 Å². The smallest absolute Gasteiger partial charge is 0.353 e. The van der Waals surface area contributed by atoms with Gasteiger partial charge in [-0.05, 0) is 0 Å². The first kappa shape index (κ1) is 12.0. The van der Waals surface area contributed by atoms with Crippen molar-refractivity contribution in [2.24, 2.45) is 5.16 Å². The number of rotatable bonds is 4. The number of oxime groups is 1. The van der Waals surface area contributed by atoms with Crippen molar-refractivity contribution in [1.29, 1.82) is 0 Å². The Morgan fingerprint density at radius 2 is 2.25 bits per heavy atom. The molecule has 0 radical (unpaired) electrons. The van der Waals surface area contributed by atoms with Gasteiger partial charge in [0.25, 0.3) is 5.91 Å². The van der Waals surface area contributed by atoms with Gasteiger partial charge in [-0.3, -0.25) is 9.59 Å². The van der Waals surface area contributed by atoms with Gasteiger partial charge in [0.15, 0.2) is 5.71 Å². The molecule has 1 aliphatic heterocycles. The lowest BCUT2D eigenvalue weighted by atomic mass is 10.2. The van der Waals surface area contributed by atoms with Crippen LogP contribution in [0.3, 0.4) is 0 Å². The van der Waals surface area contributed by atoms with Crippen LogP contribution in [-0.2, 0) is 19.2 Å². The maximum absolute atomic E-state index is 11.4. The summed E-state index contributed by atoms with van der Waals surface area (Å²) in [4.78, 5) is 37.3. The second kappa shape index (κ2) is 5.10. The summed E-state index contributed by atoms with van der Waals surface area (Å²) in [6.07, 6.45) is -1.08. The first-order chi connectivity index (χ1) is 7.54. The molecule has 88 valence electrons. The second-order valence-corrected chi connectivity index (χ2v) is 3.03. The number of hydrogen-bond acceptors (Lipinski definition) is 5. The van der Waals surface area contributed by atoms with Gasteiger partial charge in [0.1, 0.15) is 0 Å². The van der Waals surface area contributed by atoms with E-state index in [1.54, 1.807) is 0 Å². The second-order valence-electron chi connectivity index (χ2n) is 3.03. The lowest BCUT2D eigenvalue weighted by molar-refractivity contribution is -0.133. The van der Waals surface area contributed by atoms with Gasteiger partial charge in [0.05, 0.1) is 6.54 Å². The molecule has 1 atom stereocenters. The standard InChI is InChI=1S/C8H11N3O5/c1-9-6(12)3-10-7(13)5-2-4(8(14)15)11-16-5/h5H,2-3H2,1H3,(H,9,12)(H,10,13)(H,14,15). The van der Waals surface area contributed by atoms with Gasteiger partial charge in [-0.25, -0.2) is 4.79 Å². The molecule has 0 spiro atoms. The molecule has 8 heteroatoms. The summed E-state index contributed by atoms with van der Waals surface area (Å²) in [5, 5.41) is 16.4. The van der Waals surface area contributed by atoms with Crippen molar-refractivity contribution in [1.82, 2.24) is 10.6 Å². The summed E-state index contributed by atoms with van der Waals surface area (Å²) in [7, 11) is 1.44. The number of amides is 2. The van der Waals surface area contributed by atoms with Gasteiger partial charge in [-0.15, -0.1) is 0 Å². The molecule has 3 N–H and O–H groups in total. The highest BCUT2D eigenvalue weighted by atomic mass is 16.6. The molecule has 1 aliphatic rings. The minimum Gasteiger partial charge on any atom is -0.477 e. The van der Waals surface area contributed by atoms with Crippen molar-refractivity contribution in [2.45, 2.75) is 12.5 Å². The fourth-order valence-corrected chi connectivity index (χ4v) is 1.01. The summed E-state index contributed by atoms with van der Waals surface area (Å²) in [6, 6.07) is 0. The van der Waals surface area contributed by atoms with E-state index in [1.165, 1.54) is 7.05 Å². The SMILES string of the molecule is CNC(=O)CNC(=O)C1CC(C(=O)O)=NO1. The predicted octanol–water partition coefficient (Wildman–Crippen LogP) is -1.92. The van der Waals surface area contributed by atoms with E-state index in [-0.39, 0.29) is 24.6 Å². The highest BCUT2D eigenvalue weighted by Gasteiger charge is 2.31. The van der Waals surface area contributed by atoms with Gasteiger partial charge in [0.2, 0.25) is 12.0 Å². The van der Waals surface area contributed by atoms with E-state index in [0.717, 1.165) is 0 Å². The predicted molar refractivity (Wildman–Crippen MR) is 51.6 cm³/mol. The number of carbonyl (C=O) groups excluding carboxylic acids is 2. The fraction of sp³-hybridized carbons (Fsp3) is 0.500. The highest BCUT2D eigenvalue weighted by Crippen LogP contribution is 2.10. The summed E-state index contributed by atoms with van der Waals surface area (Å²) in [5.41, 5.74) is -0.208. The fourth-order valence-electron chi connectivity index (χ4n) is 1.01. The molecule has 8 nitrogen and oxygen atoms in total. The number of aliphatic carboxylic acids is 1. The Bertz CT molecular complexity index is 352. The summed E-state index contributed by atoms with van der Waals surface area (Å²) in [6.45, 7) is -0.183. The number of carboxylic acids is 1. The largest absolute Gasteiger partial charge is 0.477 e. The van der Waals surface area contributed by atoms with E-state index in [4.69, 9.17) is 5.11 Å². The number of likely N-dealkylation sites (N-methyl/N-ethyl adjacent to an activating group) is 1. The van der Waals surface area contributed by atoms with Crippen LogP contribution in [-0.4, -0.2) is 48.3 Å². The van der Waals surface area contributed by atoms with Crippen LogP contribution < -0.4 is 10.6 Å². The number of carboxylic acid groups (broad SMARTS) is 1. The monoisotopic (exact) mass is 229 g/mol. The van der Waals surface area contributed by atoms with Crippen molar-refractivity contribution in [3.63, 3.8) is 0 Å². The first-order valence-corrected chi connectivity index (χ1v) is 4.49. The summed E-state index contributed by atoms with van der Waals surface area (Å²) < 4.78 is 0. The normalized spacial score (nSPS) is 18.3. The first-order valence-electron chi connectivity index (χ1n) is 4.49. The minimum atomic E-state index is -1.22. The Hall–Kier alpha value is -2.12. The molecule has 0 saturated heterocycles. The van der Waals surface area contributed by atoms with E-state index >= 15 is 0 Å². The topological polar surface area (TPSA) is 117 Å². The number of nitrogens with zero attached hydrogens (tertiary/aromatic N) is 1. The number of hydrogen-bond donors (Lipinski definition) is 3. The molecular formula is C8H11N3O5. The lowest BCUT2D eigenvalue weighted by Gasteiger charge is -2.08. The molecule has 1 rings (SSSR count). The third kappa shape index (κ3) is 2.94. The number of nitrogens with one attached hydrogen (secondary N) is 2. The molecule has 0 aromatic heterocycles. The third-order valence-electron chi connectivity index (χ3n) is 1.91. The highest BCUT2D eigenvalue weighted by molar-refractivity contribution is 6.36. The van der Waals surface area contributed by atoms with Gasteiger partial charge >= 0.3 is 5.97 Å². The molecule has 0 aromatic carbocycles. The van der Waals surface area contributed by atoms with E-state index in [9.17, 15) is 14.4 Å². The van der Waals surface area contributed by atoms with Crippen LogP contribution in [0.4, 0.5) is 0 Å². The molecule has 1 heterocycles. The zero-order valence-corrected chi connectivity index (χ0v) is 8.52. The third-order valence-corrected chi connectivity index (χ3v) is 1.91.